The van der Waals surface area contributed by atoms with E-state index in [4.69, 9.17) is 9.47 Å². The molecular formula is C24H22N6O2S. The van der Waals surface area contributed by atoms with Crippen molar-refractivity contribution in [3.05, 3.63) is 76.8 Å². The van der Waals surface area contributed by atoms with Crippen LogP contribution < -0.4 is 4.74 Å². The van der Waals surface area contributed by atoms with Gasteiger partial charge in [0.1, 0.15) is 17.5 Å². The van der Waals surface area contributed by atoms with Gasteiger partial charge in [0.05, 0.1) is 41.4 Å². The number of fused-ring (bicyclic) bond motifs is 1. The Bertz CT molecular complexity index is 1230. The summed E-state index contributed by atoms with van der Waals surface area (Å²) < 4.78 is 12.2. The van der Waals surface area contributed by atoms with E-state index in [1.54, 1.807) is 24.7 Å². The number of hydrogen-bond donors (Lipinski definition) is 0. The largest absolute Gasteiger partial charge is 0.459 e. The van der Waals surface area contributed by atoms with Crippen molar-refractivity contribution >= 4 is 21.6 Å². The number of pyridine rings is 1. The first kappa shape index (κ1) is 21.4. The van der Waals surface area contributed by atoms with E-state index >= 15 is 0 Å². The first-order valence-corrected chi connectivity index (χ1v) is 11.5. The average Bonchev–Trinajstić information content (AvgIpc) is 3.29. The molecule has 1 fully saturated rings. The zero-order chi connectivity index (χ0) is 22.5. The van der Waals surface area contributed by atoms with Crippen molar-refractivity contribution in [1.29, 1.82) is 5.26 Å². The first-order chi connectivity index (χ1) is 16.3. The number of ether oxygens (including phenoxy) is 2. The number of aromatic nitrogens is 4. The third kappa shape index (κ3) is 5.14. The lowest BCUT2D eigenvalue weighted by Gasteiger charge is -2.26. The van der Waals surface area contributed by atoms with Gasteiger partial charge in [0.2, 0.25) is 0 Å². The standard InChI is InChI=1S/C24H22N6O2S/c25-13-19(23-28-21-14-26-7-6-22(21)33-23)20-5-8-27-24(29-20)32-16-18-3-1-17(2-4-18)15-30-9-11-31-12-10-30/h1-8,14,19H,9-12,15-16H2. The molecule has 0 aliphatic carbocycles. The van der Waals surface area contributed by atoms with Crippen LogP contribution >= 0.6 is 11.3 Å². The van der Waals surface area contributed by atoms with Gasteiger partial charge in [-0.05, 0) is 23.3 Å². The molecule has 1 aliphatic heterocycles. The molecule has 1 aliphatic rings. The average molecular weight is 459 g/mol. The third-order valence-electron chi connectivity index (χ3n) is 5.43. The quantitative estimate of drug-likeness (QED) is 0.415. The summed E-state index contributed by atoms with van der Waals surface area (Å²) in [5.41, 5.74) is 3.64. The highest BCUT2D eigenvalue weighted by Gasteiger charge is 2.20. The van der Waals surface area contributed by atoms with Crippen molar-refractivity contribution in [2.24, 2.45) is 0 Å². The molecular weight excluding hydrogens is 436 g/mol. The van der Waals surface area contributed by atoms with Crippen molar-refractivity contribution in [3.63, 3.8) is 0 Å². The van der Waals surface area contributed by atoms with Crippen LogP contribution in [0.3, 0.4) is 0 Å². The van der Waals surface area contributed by atoms with E-state index < -0.39 is 5.92 Å². The Kier molecular flexibility index (Phi) is 6.48. The molecule has 1 aromatic carbocycles. The normalized spacial score (nSPS) is 15.2. The second kappa shape index (κ2) is 10.0. The van der Waals surface area contributed by atoms with Crippen LogP contribution in [0.25, 0.3) is 10.2 Å². The van der Waals surface area contributed by atoms with Gasteiger partial charge < -0.3 is 9.47 Å². The topological polar surface area (TPSA) is 97.0 Å². The van der Waals surface area contributed by atoms with Crippen molar-refractivity contribution in [3.8, 4) is 12.1 Å². The maximum absolute atomic E-state index is 9.79. The van der Waals surface area contributed by atoms with Crippen molar-refractivity contribution in [1.82, 2.24) is 24.8 Å². The molecule has 1 atom stereocenters. The smallest absolute Gasteiger partial charge is 0.316 e. The SMILES string of the molecule is N#CC(c1ccnc(OCc2ccc(CN3CCOCC3)cc2)n1)c1nc2cnccc2s1. The molecule has 33 heavy (non-hydrogen) atoms. The van der Waals surface area contributed by atoms with Gasteiger partial charge in [-0.15, -0.1) is 11.3 Å². The van der Waals surface area contributed by atoms with Crippen LogP contribution in [0, 0.1) is 11.3 Å². The molecule has 1 saturated heterocycles. The monoisotopic (exact) mass is 458 g/mol. The molecule has 4 heterocycles. The van der Waals surface area contributed by atoms with E-state index in [9.17, 15) is 5.26 Å². The van der Waals surface area contributed by atoms with Gasteiger partial charge in [-0.1, -0.05) is 24.3 Å². The molecule has 0 spiro atoms. The minimum Gasteiger partial charge on any atom is -0.459 e. The maximum atomic E-state index is 9.79. The summed E-state index contributed by atoms with van der Waals surface area (Å²) in [5.74, 6) is -0.591. The fourth-order valence-corrected chi connectivity index (χ4v) is 4.65. The second-order valence-electron chi connectivity index (χ2n) is 7.72. The molecule has 0 bridgehead atoms. The summed E-state index contributed by atoms with van der Waals surface area (Å²) >= 11 is 1.47. The highest BCUT2D eigenvalue weighted by atomic mass is 32.1. The molecule has 8 nitrogen and oxygen atoms in total. The fraction of sp³-hybridized carbons (Fsp3) is 0.292. The number of morpholine rings is 1. The summed E-state index contributed by atoms with van der Waals surface area (Å²) in [7, 11) is 0. The van der Waals surface area contributed by atoms with Crippen LogP contribution in [0.2, 0.25) is 0 Å². The maximum Gasteiger partial charge on any atom is 0.316 e. The summed E-state index contributed by atoms with van der Waals surface area (Å²) in [6, 6.07) is 14.5. The Labute approximate surface area is 195 Å². The third-order valence-corrected chi connectivity index (χ3v) is 6.54. The number of benzene rings is 1. The van der Waals surface area contributed by atoms with Crippen molar-refractivity contribution < 1.29 is 9.47 Å². The minimum absolute atomic E-state index is 0.243. The predicted molar refractivity (Wildman–Crippen MR) is 124 cm³/mol. The highest BCUT2D eigenvalue weighted by Crippen LogP contribution is 2.30. The summed E-state index contributed by atoms with van der Waals surface area (Å²) in [6.07, 6.45) is 5.03. The number of nitrogens with zero attached hydrogens (tertiary/aromatic N) is 6. The van der Waals surface area contributed by atoms with Gasteiger partial charge in [-0.3, -0.25) is 9.88 Å². The molecule has 1 unspecified atom stereocenters. The second-order valence-corrected chi connectivity index (χ2v) is 8.78. The van der Waals surface area contributed by atoms with Crippen LogP contribution in [0.5, 0.6) is 6.01 Å². The van der Waals surface area contributed by atoms with Crippen LogP contribution in [0.1, 0.15) is 27.7 Å². The molecule has 0 N–H and O–H groups in total. The summed E-state index contributed by atoms with van der Waals surface area (Å²) in [4.78, 5) is 19.7. The van der Waals surface area contributed by atoms with Gasteiger partial charge in [0.15, 0.2) is 0 Å². The molecule has 3 aromatic heterocycles. The van der Waals surface area contributed by atoms with Crippen LogP contribution in [0.15, 0.2) is 55.0 Å². The molecule has 0 amide bonds. The lowest BCUT2D eigenvalue weighted by atomic mass is 10.1. The zero-order valence-electron chi connectivity index (χ0n) is 17.9. The Hall–Kier alpha value is -3.45. The van der Waals surface area contributed by atoms with E-state index in [0.29, 0.717) is 17.3 Å². The van der Waals surface area contributed by atoms with E-state index in [1.165, 1.54) is 16.9 Å². The van der Waals surface area contributed by atoms with Crippen molar-refractivity contribution in [2.45, 2.75) is 19.1 Å². The molecule has 0 saturated carbocycles. The predicted octanol–water partition coefficient (Wildman–Crippen LogP) is 3.55. The number of hydrogen-bond acceptors (Lipinski definition) is 9. The number of thiazole rings is 1. The molecule has 5 rings (SSSR count). The van der Waals surface area contributed by atoms with Gasteiger partial charge in [-0.25, -0.2) is 9.97 Å². The lowest BCUT2D eigenvalue weighted by molar-refractivity contribution is 0.0342. The van der Waals surface area contributed by atoms with E-state index in [2.05, 4.69) is 55.2 Å². The lowest BCUT2D eigenvalue weighted by Crippen LogP contribution is -2.35. The van der Waals surface area contributed by atoms with E-state index in [1.807, 2.05) is 6.07 Å². The molecule has 0 radical (unpaired) electrons. The fourth-order valence-electron chi connectivity index (χ4n) is 3.66. The van der Waals surface area contributed by atoms with Crippen LogP contribution in [0.4, 0.5) is 0 Å². The molecule has 4 aromatic rings. The van der Waals surface area contributed by atoms with Crippen LogP contribution in [-0.2, 0) is 17.9 Å². The molecule has 9 heteroatoms. The van der Waals surface area contributed by atoms with E-state index in [0.717, 1.165) is 48.6 Å². The highest BCUT2D eigenvalue weighted by molar-refractivity contribution is 7.18. The Morgan fingerprint density at radius 2 is 1.88 bits per heavy atom. The Morgan fingerprint density at radius 1 is 1.06 bits per heavy atom. The minimum atomic E-state index is -0.591. The molecule has 166 valence electrons. The Morgan fingerprint density at radius 3 is 2.67 bits per heavy atom. The Balaban J connectivity index is 1.24. The van der Waals surface area contributed by atoms with Gasteiger partial charge in [-0.2, -0.15) is 10.2 Å². The van der Waals surface area contributed by atoms with Gasteiger partial charge >= 0.3 is 6.01 Å². The van der Waals surface area contributed by atoms with Crippen LogP contribution in [-0.4, -0.2) is 51.1 Å². The number of rotatable bonds is 7. The van der Waals surface area contributed by atoms with E-state index in [-0.39, 0.29) is 6.01 Å². The summed E-state index contributed by atoms with van der Waals surface area (Å²) in [5, 5.41) is 10.5. The summed E-state index contributed by atoms with van der Waals surface area (Å²) in [6.45, 7) is 4.81. The van der Waals surface area contributed by atoms with Gasteiger partial charge in [0.25, 0.3) is 0 Å². The zero-order valence-corrected chi connectivity index (χ0v) is 18.7. The first-order valence-electron chi connectivity index (χ1n) is 10.7. The van der Waals surface area contributed by atoms with Gasteiger partial charge in [0, 0.05) is 32.0 Å². The number of nitriles is 1. The van der Waals surface area contributed by atoms with Crippen molar-refractivity contribution in [2.75, 3.05) is 26.3 Å².